The van der Waals surface area contributed by atoms with Gasteiger partial charge in [0, 0.05) is 33.0 Å². The number of hydrogen-bond acceptors (Lipinski definition) is 4. The van der Waals surface area contributed by atoms with Gasteiger partial charge in [-0.25, -0.2) is 0 Å². The highest BCUT2D eigenvalue weighted by molar-refractivity contribution is 5.95. The van der Waals surface area contributed by atoms with Crippen LogP contribution in [0.5, 0.6) is 17.2 Å². The Morgan fingerprint density at radius 3 is 2.42 bits per heavy atom. The number of allylic oxidation sites excluding steroid dienone is 1. The second kappa shape index (κ2) is 8.95. The van der Waals surface area contributed by atoms with Gasteiger partial charge in [-0.3, -0.25) is 0 Å². The molecule has 1 fully saturated rings. The summed E-state index contributed by atoms with van der Waals surface area (Å²) < 4.78 is 41.5. The Hall–Kier alpha value is -3.24. The molecular weight excluding hydrogens is 410 g/mol. The molecule has 2 aliphatic rings. The van der Waals surface area contributed by atoms with Crippen molar-refractivity contribution in [3.05, 3.63) is 88.9 Å². The third-order valence-corrected chi connectivity index (χ3v) is 6.37. The molecule has 1 atom stereocenters. The Morgan fingerprint density at radius 2 is 1.73 bits per heavy atom. The maximum atomic E-state index is 10.1. The molecule has 0 saturated carbocycles. The van der Waals surface area contributed by atoms with Gasteiger partial charge in [-0.2, -0.15) is 0 Å². The van der Waals surface area contributed by atoms with Crippen molar-refractivity contribution in [2.75, 3.05) is 19.6 Å². The molecule has 3 aromatic carbocycles. The Labute approximate surface area is 201 Å². The van der Waals surface area contributed by atoms with Gasteiger partial charge in [0.15, 0.2) is 0 Å². The molecule has 1 unspecified atom stereocenters. The van der Waals surface area contributed by atoms with Crippen LogP contribution in [0.1, 0.15) is 54.1 Å². The highest BCUT2D eigenvalue weighted by atomic mass is 16.5. The first kappa shape index (κ1) is 17.3. The summed E-state index contributed by atoms with van der Waals surface area (Å²) >= 11 is 0. The van der Waals surface area contributed by atoms with E-state index in [4.69, 9.17) is 10.2 Å². The summed E-state index contributed by atoms with van der Waals surface area (Å²) in [5, 5.41) is 19.9. The van der Waals surface area contributed by atoms with Crippen molar-refractivity contribution in [1.82, 2.24) is 4.90 Å². The number of phenols is 2. The van der Waals surface area contributed by atoms with E-state index in [1.807, 2.05) is 6.92 Å². The molecule has 2 heterocycles. The number of rotatable bonds is 6. The normalized spacial score (nSPS) is 20.7. The second-order valence-corrected chi connectivity index (χ2v) is 8.82. The molecular formula is C29H31NO3. The van der Waals surface area contributed by atoms with E-state index in [0.29, 0.717) is 24.4 Å². The van der Waals surface area contributed by atoms with Gasteiger partial charge in [0.05, 0.1) is 2.74 Å². The van der Waals surface area contributed by atoms with E-state index in [-0.39, 0.29) is 35.1 Å². The number of likely N-dealkylation sites (tertiary alicyclic amines) is 1. The predicted octanol–water partition coefficient (Wildman–Crippen LogP) is 6.05. The van der Waals surface area contributed by atoms with Crippen LogP contribution in [0.3, 0.4) is 0 Å². The maximum absolute atomic E-state index is 10.1. The highest BCUT2D eigenvalue weighted by Crippen LogP contribution is 2.47. The number of nitrogens with zero attached hydrogens (tertiary/aromatic N) is 1. The number of benzene rings is 3. The fourth-order valence-corrected chi connectivity index (χ4v) is 4.68. The molecule has 0 aromatic heterocycles. The van der Waals surface area contributed by atoms with Crippen LogP contribution in [-0.2, 0) is 6.37 Å². The van der Waals surface area contributed by atoms with Crippen LogP contribution in [0.4, 0.5) is 0 Å². The van der Waals surface area contributed by atoms with Gasteiger partial charge in [0.1, 0.15) is 23.4 Å². The maximum Gasteiger partial charge on any atom is 0.150 e. The monoisotopic (exact) mass is 445 g/mol. The standard InChI is InChI=1S/C29H31NO3/c1-3-14-30-17-21(18-30)15-20-4-6-23(7-5-20)29-28(22-8-10-24(31)11-9-22)19(2)26-13-12-25(32)16-27(26)33-29/h4-13,16,21,29,31-32H,3,14-15,17-18H2,1-2H3/i4D,5D,15D2. The van der Waals surface area contributed by atoms with Gasteiger partial charge in [-0.15, -0.1) is 0 Å². The molecule has 0 radical (unpaired) electrons. The van der Waals surface area contributed by atoms with Crippen LogP contribution < -0.4 is 4.74 Å². The van der Waals surface area contributed by atoms with Crippen LogP contribution >= 0.6 is 0 Å². The van der Waals surface area contributed by atoms with Crippen molar-refractivity contribution in [1.29, 1.82) is 0 Å². The van der Waals surface area contributed by atoms with E-state index in [9.17, 15) is 10.2 Å². The smallest absolute Gasteiger partial charge is 0.150 e. The van der Waals surface area contributed by atoms with Crippen molar-refractivity contribution < 1.29 is 20.4 Å². The molecule has 5 rings (SSSR count). The van der Waals surface area contributed by atoms with E-state index in [1.165, 1.54) is 0 Å². The number of ether oxygens (including phenoxy) is 1. The Kier molecular flexibility index (Phi) is 4.68. The zero-order chi connectivity index (χ0) is 26.5. The largest absolute Gasteiger partial charge is 0.508 e. The van der Waals surface area contributed by atoms with Gasteiger partial charge in [-0.1, -0.05) is 43.3 Å². The topological polar surface area (TPSA) is 52.9 Å². The SMILES string of the molecule is [2H]c1cc(C2Oc3cc(O)ccc3C(C)=C2c2ccc(O)cc2)cc([2H])c1C([2H])([2H])C1CN(CCC)C1. The van der Waals surface area contributed by atoms with Gasteiger partial charge >= 0.3 is 0 Å². The first-order valence-electron chi connectivity index (χ1n) is 13.4. The Bertz CT molecular complexity index is 1340. The molecule has 0 spiro atoms. The molecule has 33 heavy (non-hydrogen) atoms. The number of hydrogen-bond donors (Lipinski definition) is 2. The van der Waals surface area contributed by atoms with Gasteiger partial charge < -0.3 is 19.8 Å². The second-order valence-electron chi connectivity index (χ2n) is 8.82. The molecule has 2 N–H and O–H groups in total. The minimum Gasteiger partial charge on any atom is -0.508 e. The van der Waals surface area contributed by atoms with Gasteiger partial charge in [-0.05, 0) is 78.7 Å². The summed E-state index contributed by atoms with van der Waals surface area (Å²) in [7, 11) is 0. The van der Waals surface area contributed by atoms with E-state index in [0.717, 1.165) is 35.2 Å². The van der Waals surface area contributed by atoms with Crippen molar-refractivity contribution in [3.8, 4) is 17.2 Å². The van der Waals surface area contributed by atoms with Gasteiger partial charge in [0.25, 0.3) is 0 Å². The molecule has 2 aliphatic heterocycles. The van der Waals surface area contributed by atoms with Crippen molar-refractivity contribution in [2.24, 2.45) is 5.92 Å². The van der Waals surface area contributed by atoms with E-state index >= 15 is 0 Å². The Balaban J connectivity index is 1.57. The fraction of sp³-hybridized carbons (Fsp3) is 0.310. The molecule has 0 bridgehead atoms. The van der Waals surface area contributed by atoms with E-state index in [2.05, 4.69) is 11.8 Å². The average Bonchev–Trinajstić information content (AvgIpc) is 2.80. The zero-order valence-corrected chi connectivity index (χ0v) is 18.9. The molecule has 4 heteroatoms. The number of aromatic hydroxyl groups is 2. The minimum absolute atomic E-state index is 0.0190. The molecule has 1 saturated heterocycles. The Morgan fingerprint density at radius 1 is 1.03 bits per heavy atom. The number of phenolic OH excluding ortho intramolecular Hbond substituents is 2. The van der Waals surface area contributed by atoms with E-state index in [1.54, 1.807) is 54.6 Å². The van der Waals surface area contributed by atoms with Crippen LogP contribution in [0.25, 0.3) is 11.1 Å². The third-order valence-electron chi connectivity index (χ3n) is 6.37. The van der Waals surface area contributed by atoms with Gasteiger partial charge in [0.2, 0.25) is 0 Å². The van der Waals surface area contributed by atoms with Crippen LogP contribution in [-0.4, -0.2) is 34.7 Å². The summed E-state index contributed by atoms with van der Waals surface area (Å²) in [6, 6.07) is 14.9. The zero-order valence-electron chi connectivity index (χ0n) is 22.9. The van der Waals surface area contributed by atoms with Crippen molar-refractivity contribution >= 4 is 11.1 Å². The minimum atomic E-state index is -1.78. The van der Waals surface area contributed by atoms with Crippen molar-refractivity contribution in [3.63, 3.8) is 0 Å². The summed E-state index contributed by atoms with van der Waals surface area (Å²) in [6.07, 6.45) is -1.46. The first-order chi connectivity index (χ1) is 17.6. The lowest BCUT2D eigenvalue weighted by atomic mass is 9.85. The third kappa shape index (κ3) is 4.36. The first-order valence-corrected chi connectivity index (χ1v) is 11.4. The lowest BCUT2D eigenvalue weighted by molar-refractivity contribution is 0.101. The average molecular weight is 446 g/mol. The van der Waals surface area contributed by atoms with Crippen LogP contribution in [0.15, 0.2) is 66.7 Å². The highest BCUT2D eigenvalue weighted by Gasteiger charge is 2.30. The lowest BCUT2D eigenvalue weighted by Crippen LogP contribution is -2.47. The summed E-state index contributed by atoms with van der Waals surface area (Å²) in [5.74, 6) is 0.450. The summed E-state index contributed by atoms with van der Waals surface area (Å²) in [6.45, 7) is 6.23. The van der Waals surface area contributed by atoms with Crippen molar-refractivity contribution in [2.45, 2.75) is 32.7 Å². The quantitative estimate of drug-likeness (QED) is 0.485. The van der Waals surface area contributed by atoms with Crippen LogP contribution in [0.2, 0.25) is 0 Å². The molecule has 0 aliphatic carbocycles. The number of fused-ring (bicyclic) bond motifs is 1. The predicted molar refractivity (Wildman–Crippen MR) is 132 cm³/mol. The summed E-state index contributed by atoms with van der Waals surface area (Å²) in [4.78, 5) is 2.20. The summed E-state index contributed by atoms with van der Waals surface area (Å²) in [5.41, 5.74) is 4.05. The fourth-order valence-electron chi connectivity index (χ4n) is 4.68. The van der Waals surface area contributed by atoms with E-state index < -0.39 is 12.5 Å². The molecule has 3 aromatic rings. The molecule has 0 amide bonds. The molecule has 170 valence electrons. The van der Waals surface area contributed by atoms with Crippen LogP contribution in [0, 0.1) is 5.92 Å². The lowest BCUT2D eigenvalue weighted by Gasteiger charge is -2.39. The molecule has 4 nitrogen and oxygen atoms in total.